The molecule has 1 aromatic carbocycles. The summed E-state index contributed by atoms with van der Waals surface area (Å²) in [5.74, 6) is -0.690. The van der Waals surface area contributed by atoms with Gasteiger partial charge in [0, 0.05) is 17.5 Å². The van der Waals surface area contributed by atoms with Crippen LogP contribution in [0.1, 0.15) is 41.9 Å². The second-order valence-corrected chi connectivity index (χ2v) is 7.38. The molecule has 2 aromatic rings. The van der Waals surface area contributed by atoms with E-state index in [9.17, 15) is 9.59 Å². The third-order valence-electron chi connectivity index (χ3n) is 5.10. The SMILES string of the molecule is COC(=O)CNC(=O)c1nc(N[C@H]2CCCC[C@H]2NC(=N)N)c2cc(C)ccc2n1.Cl.Cl. The van der Waals surface area contributed by atoms with E-state index in [1.165, 1.54) is 7.11 Å². The van der Waals surface area contributed by atoms with Crippen LogP contribution >= 0.6 is 24.8 Å². The van der Waals surface area contributed by atoms with E-state index >= 15 is 0 Å². The molecule has 1 amide bonds. The van der Waals surface area contributed by atoms with Gasteiger partial charge in [-0.3, -0.25) is 15.0 Å². The predicted octanol–water partition coefficient (Wildman–Crippen LogP) is 1.89. The Morgan fingerprint density at radius 1 is 1.19 bits per heavy atom. The van der Waals surface area contributed by atoms with Gasteiger partial charge in [-0.2, -0.15) is 0 Å². The van der Waals surface area contributed by atoms with Crippen LogP contribution in [0, 0.1) is 12.3 Å². The Labute approximate surface area is 198 Å². The van der Waals surface area contributed by atoms with E-state index in [1.807, 2.05) is 25.1 Å². The number of nitrogens with one attached hydrogen (secondary N) is 4. The van der Waals surface area contributed by atoms with E-state index in [4.69, 9.17) is 11.1 Å². The number of benzene rings is 1. The molecular weight excluding hydrogens is 457 g/mol. The Bertz CT molecular complexity index is 974. The van der Waals surface area contributed by atoms with Gasteiger partial charge in [-0.15, -0.1) is 24.8 Å². The fourth-order valence-electron chi connectivity index (χ4n) is 3.61. The van der Waals surface area contributed by atoms with E-state index in [-0.39, 0.29) is 55.2 Å². The molecule has 0 bridgehead atoms. The molecule has 1 heterocycles. The molecule has 176 valence electrons. The summed E-state index contributed by atoms with van der Waals surface area (Å²) in [6.45, 7) is 1.71. The van der Waals surface area contributed by atoms with Gasteiger partial charge in [0.15, 0.2) is 5.96 Å². The number of guanidine groups is 1. The van der Waals surface area contributed by atoms with Gasteiger partial charge in [0.25, 0.3) is 5.91 Å². The molecule has 0 radical (unpaired) electrons. The lowest BCUT2D eigenvalue weighted by molar-refractivity contribution is -0.139. The third kappa shape index (κ3) is 6.83. The first-order valence-corrected chi connectivity index (χ1v) is 9.88. The van der Waals surface area contributed by atoms with Crippen molar-refractivity contribution < 1.29 is 14.3 Å². The van der Waals surface area contributed by atoms with Gasteiger partial charge < -0.3 is 26.4 Å². The summed E-state index contributed by atoms with van der Waals surface area (Å²) in [4.78, 5) is 32.6. The van der Waals surface area contributed by atoms with Gasteiger partial charge in [0.05, 0.1) is 12.6 Å². The number of aryl methyl sites for hydroxylation is 1. The zero-order chi connectivity index (χ0) is 21.7. The summed E-state index contributed by atoms with van der Waals surface area (Å²) in [6, 6.07) is 5.69. The van der Waals surface area contributed by atoms with Crippen molar-refractivity contribution in [2.24, 2.45) is 5.73 Å². The second kappa shape index (κ2) is 12.3. The number of ether oxygens (including phenoxy) is 1. The summed E-state index contributed by atoms with van der Waals surface area (Å²) in [5, 5.41) is 17.3. The molecule has 10 nitrogen and oxygen atoms in total. The van der Waals surface area contributed by atoms with Crippen molar-refractivity contribution in [2.45, 2.75) is 44.7 Å². The van der Waals surface area contributed by atoms with Crippen molar-refractivity contribution in [1.29, 1.82) is 5.41 Å². The number of hydrogen-bond acceptors (Lipinski definition) is 7. The van der Waals surface area contributed by atoms with Gasteiger partial charge in [-0.1, -0.05) is 24.5 Å². The third-order valence-corrected chi connectivity index (χ3v) is 5.10. The maximum absolute atomic E-state index is 12.5. The smallest absolute Gasteiger partial charge is 0.325 e. The Morgan fingerprint density at radius 2 is 1.88 bits per heavy atom. The fraction of sp³-hybridized carbons (Fsp3) is 0.450. The summed E-state index contributed by atoms with van der Waals surface area (Å²) in [7, 11) is 1.25. The van der Waals surface area contributed by atoms with E-state index in [1.54, 1.807) is 0 Å². The van der Waals surface area contributed by atoms with Crippen molar-refractivity contribution in [3.8, 4) is 0 Å². The van der Waals surface area contributed by atoms with Gasteiger partial charge in [-0.05, 0) is 31.9 Å². The minimum Gasteiger partial charge on any atom is -0.468 e. The molecule has 1 aliphatic carbocycles. The number of fused-ring (bicyclic) bond motifs is 1. The molecule has 32 heavy (non-hydrogen) atoms. The summed E-state index contributed by atoms with van der Waals surface area (Å²) in [5.41, 5.74) is 7.21. The van der Waals surface area contributed by atoms with Crippen LogP contribution < -0.4 is 21.7 Å². The van der Waals surface area contributed by atoms with E-state index in [2.05, 4.69) is 30.7 Å². The molecule has 1 aliphatic rings. The molecule has 0 spiro atoms. The lowest BCUT2D eigenvalue weighted by Gasteiger charge is -2.33. The zero-order valence-corrected chi connectivity index (χ0v) is 19.6. The molecule has 1 saturated carbocycles. The maximum Gasteiger partial charge on any atom is 0.325 e. The van der Waals surface area contributed by atoms with Crippen LogP contribution in [0.5, 0.6) is 0 Å². The number of nitrogens with zero attached hydrogens (tertiary/aromatic N) is 2. The predicted molar refractivity (Wildman–Crippen MR) is 128 cm³/mol. The van der Waals surface area contributed by atoms with Crippen molar-refractivity contribution in [2.75, 3.05) is 19.0 Å². The number of esters is 1. The highest BCUT2D eigenvalue weighted by Gasteiger charge is 2.27. The van der Waals surface area contributed by atoms with Crippen molar-refractivity contribution in [3.63, 3.8) is 0 Å². The first kappa shape index (κ1) is 27.2. The zero-order valence-electron chi connectivity index (χ0n) is 17.9. The molecular formula is C20H29Cl2N7O3. The molecule has 0 unspecified atom stereocenters. The van der Waals surface area contributed by atoms with E-state index in [0.717, 1.165) is 36.6 Å². The fourth-order valence-corrected chi connectivity index (χ4v) is 3.61. The van der Waals surface area contributed by atoms with Gasteiger partial charge in [-0.25, -0.2) is 9.97 Å². The number of methoxy groups -OCH3 is 1. The first-order chi connectivity index (χ1) is 14.4. The monoisotopic (exact) mass is 485 g/mol. The van der Waals surface area contributed by atoms with Crippen LogP contribution in [0.25, 0.3) is 10.9 Å². The molecule has 1 fully saturated rings. The Morgan fingerprint density at radius 3 is 2.53 bits per heavy atom. The average molecular weight is 486 g/mol. The molecule has 2 atom stereocenters. The number of amides is 1. The van der Waals surface area contributed by atoms with Crippen LogP contribution in [-0.4, -0.2) is 53.5 Å². The first-order valence-electron chi connectivity index (χ1n) is 9.88. The normalized spacial score (nSPS) is 17.3. The highest BCUT2D eigenvalue weighted by molar-refractivity contribution is 5.97. The minimum atomic E-state index is -0.562. The topological polar surface area (TPSA) is 155 Å². The number of aromatic nitrogens is 2. The quantitative estimate of drug-likeness (QED) is 0.236. The van der Waals surface area contributed by atoms with Crippen LogP contribution in [0.3, 0.4) is 0 Å². The number of carbonyl (C=O) groups excluding carboxylic acids is 2. The number of rotatable bonds is 6. The summed E-state index contributed by atoms with van der Waals surface area (Å²) >= 11 is 0. The minimum absolute atomic E-state index is 0. The largest absolute Gasteiger partial charge is 0.468 e. The van der Waals surface area contributed by atoms with E-state index in [0.29, 0.717) is 11.3 Å². The summed E-state index contributed by atoms with van der Waals surface area (Å²) < 4.78 is 4.55. The number of anilines is 1. The van der Waals surface area contributed by atoms with Crippen LogP contribution in [0.4, 0.5) is 5.82 Å². The second-order valence-electron chi connectivity index (χ2n) is 7.38. The van der Waals surface area contributed by atoms with Crippen LogP contribution in [-0.2, 0) is 9.53 Å². The molecule has 12 heteroatoms. The maximum atomic E-state index is 12.5. The number of hydrogen-bond donors (Lipinski definition) is 5. The van der Waals surface area contributed by atoms with Gasteiger partial charge >= 0.3 is 5.97 Å². The Kier molecular flexibility index (Phi) is 10.4. The van der Waals surface area contributed by atoms with Crippen LogP contribution in [0.15, 0.2) is 18.2 Å². The van der Waals surface area contributed by atoms with Crippen molar-refractivity contribution in [3.05, 3.63) is 29.6 Å². The average Bonchev–Trinajstić information content (AvgIpc) is 2.72. The lowest BCUT2D eigenvalue weighted by Crippen LogP contribution is -2.50. The molecule has 3 rings (SSSR count). The molecule has 1 aromatic heterocycles. The Balaban J connectivity index is 0.00000256. The van der Waals surface area contributed by atoms with Gasteiger partial charge in [0.2, 0.25) is 5.82 Å². The van der Waals surface area contributed by atoms with Gasteiger partial charge in [0.1, 0.15) is 12.4 Å². The van der Waals surface area contributed by atoms with Crippen molar-refractivity contribution >= 4 is 59.4 Å². The number of carbonyl (C=O) groups is 2. The molecule has 6 N–H and O–H groups in total. The van der Waals surface area contributed by atoms with E-state index < -0.39 is 11.9 Å². The number of nitrogens with two attached hydrogens (primary N) is 1. The number of halogens is 2. The summed E-state index contributed by atoms with van der Waals surface area (Å²) in [6.07, 6.45) is 3.86. The van der Waals surface area contributed by atoms with Crippen molar-refractivity contribution in [1.82, 2.24) is 20.6 Å². The standard InChI is InChI=1S/C20H27N7O3.2ClH/c1-11-7-8-13-12(9-11)17(25-14-5-3-4-6-15(14)26-20(21)22)27-18(24-13)19(29)23-10-16(28)30-2;;/h7-9,14-15H,3-6,10H2,1-2H3,(H,23,29)(H4,21,22,26)(H,24,25,27);2*1H/t14-,15+;;/m0../s1. The molecule has 0 saturated heterocycles. The Hall–Kier alpha value is -2.85. The lowest BCUT2D eigenvalue weighted by atomic mass is 9.90. The van der Waals surface area contributed by atoms with Crippen LogP contribution in [0.2, 0.25) is 0 Å². The highest BCUT2D eigenvalue weighted by atomic mass is 35.5. The highest BCUT2D eigenvalue weighted by Crippen LogP contribution is 2.26. The molecule has 0 aliphatic heterocycles.